The Kier molecular flexibility index (Phi) is 1.51. The van der Waals surface area contributed by atoms with Gasteiger partial charge in [0.2, 0.25) is 0 Å². The zero-order valence-electron chi connectivity index (χ0n) is 4.92. The molecule has 0 saturated heterocycles. The first-order valence-electron chi connectivity index (χ1n) is 1.80. The molecule has 0 bridgehead atoms. The Balaban J connectivity index is 0. The van der Waals surface area contributed by atoms with Gasteiger partial charge in [-0.3, -0.25) is 0 Å². The van der Waals surface area contributed by atoms with Gasteiger partial charge in [0.05, 0.1) is 0 Å². The first-order valence-corrected chi connectivity index (χ1v) is 1.80. The van der Waals surface area contributed by atoms with Crippen molar-refractivity contribution in [2.24, 2.45) is 0 Å². The van der Waals surface area contributed by atoms with E-state index in [1.807, 2.05) is 0 Å². The maximum Gasteiger partial charge on any atom is 1.00 e. The minimum atomic E-state index is -4.75. The van der Waals surface area contributed by atoms with Crippen LogP contribution in [-0.4, -0.2) is 6.98 Å². The summed E-state index contributed by atoms with van der Waals surface area (Å²) in [6.45, 7) is -1.06. The van der Waals surface area contributed by atoms with E-state index in [9.17, 15) is 12.9 Å². The molecule has 0 aliphatic rings. The molecule has 0 rings (SSSR count). The fourth-order valence-electron chi connectivity index (χ4n) is 0. The van der Waals surface area contributed by atoms with Gasteiger partial charge in [0.25, 0.3) is 0 Å². The average Bonchev–Trinajstić information content (AvgIpc) is 1.31. The van der Waals surface area contributed by atoms with Crippen LogP contribution in [0.4, 0.5) is 12.9 Å². The molecule has 0 atom stereocenters. The fourth-order valence-corrected chi connectivity index (χ4v) is 0. The smallest absolute Gasteiger partial charge is 0.445 e. The van der Waals surface area contributed by atoms with E-state index in [2.05, 4.69) is 6.58 Å². The second kappa shape index (κ2) is 1.60. The fraction of sp³-hybridized carbons (Fsp3) is 0.333. The van der Waals surface area contributed by atoms with Gasteiger partial charge in [-0.05, 0) is 0 Å². The Labute approximate surface area is 41.6 Å². The van der Waals surface area contributed by atoms with Crippen LogP contribution in [0.2, 0.25) is 0 Å². The molecule has 0 radical (unpaired) electrons. The summed E-state index contributed by atoms with van der Waals surface area (Å²) in [7, 11) is 0. The van der Waals surface area contributed by atoms with Gasteiger partial charge in [-0.15, -0.1) is 12.1 Å². The monoisotopic (exact) mass is 110 g/mol. The molecule has 0 saturated carbocycles. The standard InChI is InChI=1S/C3H5BF3/c1-3(2)4(5,6)7/h1H2,2H3/q-1/p+1. The number of halogens is 3. The lowest BCUT2D eigenvalue weighted by Gasteiger charge is -2.11. The summed E-state index contributed by atoms with van der Waals surface area (Å²) in [5.41, 5.74) is -0.694. The molecule has 0 unspecified atom stereocenters. The number of allylic oxidation sites excluding steroid dienone is 1. The van der Waals surface area contributed by atoms with Gasteiger partial charge in [0, 0.05) is 0 Å². The van der Waals surface area contributed by atoms with Crippen molar-refractivity contribution in [3.63, 3.8) is 0 Å². The molecule has 42 valence electrons. The Bertz CT molecular complexity index is 87.0. The third kappa shape index (κ3) is 2.31. The highest BCUT2D eigenvalue weighted by Gasteiger charge is 2.22. The van der Waals surface area contributed by atoms with Crippen LogP contribution in [0.25, 0.3) is 0 Å². The van der Waals surface area contributed by atoms with Crippen LogP contribution in [-0.2, 0) is 0 Å². The normalized spacial score (nSPS) is 11.4. The summed E-state index contributed by atoms with van der Waals surface area (Å²) in [6.07, 6.45) is 0. The molecule has 0 N–H and O–H groups in total. The van der Waals surface area contributed by atoms with Crippen LogP contribution in [0.3, 0.4) is 0 Å². The van der Waals surface area contributed by atoms with Crippen molar-refractivity contribution in [1.82, 2.24) is 0 Å². The maximum atomic E-state index is 11.1. The molecule has 0 aliphatic heterocycles. The molecule has 0 aromatic carbocycles. The molecule has 0 fully saturated rings. The highest BCUT2D eigenvalue weighted by atomic mass is 19.4. The number of hydrogen-bond donors (Lipinski definition) is 0. The van der Waals surface area contributed by atoms with Crippen molar-refractivity contribution >= 4 is 6.98 Å². The van der Waals surface area contributed by atoms with Crippen molar-refractivity contribution in [1.29, 1.82) is 0 Å². The third-order valence-electron chi connectivity index (χ3n) is 0.559. The molecule has 0 aromatic rings. The molecule has 0 spiro atoms. The zero-order valence-corrected chi connectivity index (χ0v) is 3.92. The van der Waals surface area contributed by atoms with Crippen LogP contribution in [0.5, 0.6) is 0 Å². The number of rotatable bonds is 1. The minimum absolute atomic E-state index is 0. The van der Waals surface area contributed by atoms with Crippen LogP contribution >= 0.6 is 0 Å². The van der Waals surface area contributed by atoms with Crippen molar-refractivity contribution < 1.29 is 14.4 Å². The van der Waals surface area contributed by atoms with E-state index >= 15 is 0 Å². The van der Waals surface area contributed by atoms with Gasteiger partial charge in [0.1, 0.15) is 0 Å². The first kappa shape index (κ1) is 6.59. The lowest BCUT2D eigenvalue weighted by Crippen LogP contribution is -2.15. The summed E-state index contributed by atoms with van der Waals surface area (Å²) >= 11 is 0. The Morgan fingerprint density at radius 2 is 1.71 bits per heavy atom. The predicted molar refractivity (Wildman–Crippen MR) is 25.0 cm³/mol. The summed E-state index contributed by atoms with van der Waals surface area (Å²) in [5, 5.41) is 0. The van der Waals surface area contributed by atoms with E-state index in [0.717, 1.165) is 6.92 Å². The van der Waals surface area contributed by atoms with E-state index in [0.29, 0.717) is 0 Å². The summed E-state index contributed by atoms with van der Waals surface area (Å²) in [6, 6.07) is 0. The molecule has 0 nitrogen and oxygen atoms in total. The minimum Gasteiger partial charge on any atom is -0.445 e. The predicted octanol–water partition coefficient (Wildman–Crippen LogP) is 2.06. The summed E-state index contributed by atoms with van der Waals surface area (Å²) < 4.78 is 33.4. The quantitative estimate of drug-likeness (QED) is 0.453. The topological polar surface area (TPSA) is 0 Å². The van der Waals surface area contributed by atoms with Gasteiger partial charge >= 0.3 is 8.40 Å². The van der Waals surface area contributed by atoms with Crippen LogP contribution in [0.15, 0.2) is 12.1 Å². The van der Waals surface area contributed by atoms with Gasteiger partial charge in [0.15, 0.2) is 0 Å². The maximum absolute atomic E-state index is 11.1. The lowest BCUT2D eigenvalue weighted by atomic mass is 9.82. The van der Waals surface area contributed by atoms with Crippen LogP contribution < -0.4 is 0 Å². The van der Waals surface area contributed by atoms with E-state index in [4.69, 9.17) is 0 Å². The lowest BCUT2D eigenvalue weighted by molar-refractivity contribution is 0.490. The second-order valence-electron chi connectivity index (χ2n) is 1.42. The molecule has 0 heterocycles. The Morgan fingerprint density at radius 1 is 1.57 bits per heavy atom. The molecule has 0 aliphatic carbocycles. The SMILES string of the molecule is C=C(C)[B-](F)(F)F.[H+]. The van der Waals surface area contributed by atoms with Crippen molar-refractivity contribution in [3.8, 4) is 0 Å². The largest absolute Gasteiger partial charge is 1.00 e. The second-order valence-corrected chi connectivity index (χ2v) is 1.42. The molecular weight excluding hydrogens is 104 g/mol. The molecule has 0 aromatic heterocycles. The van der Waals surface area contributed by atoms with Gasteiger partial charge in [-0.2, -0.15) is 0 Å². The molecular formula is C3H6BF3. The number of hydrogen-bond acceptors (Lipinski definition) is 0. The van der Waals surface area contributed by atoms with Gasteiger partial charge in [-0.25, -0.2) is 0 Å². The van der Waals surface area contributed by atoms with Crippen molar-refractivity contribution in [2.45, 2.75) is 6.92 Å². The highest BCUT2D eigenvalue weighted by molar-refractivity contribution is 6.66. The molecule has 0 amide bonds. The van der Waals surface area contributed by atoms with E-state index in [1.165, 1.54) is 0 Å². The Morgan fingerprint density at radius 3 is 1.71 bits per heavy atom. The van der Waals surface area contributed by atoms with Gasteiger partial charge < -0.3 is 12.9 Å². The zero-order chi connectivity index (χ0) is 6.08. The van der Waals surface area contributed by atoms with Crippen LogP contribution in [0, 0.1) is 0 Å². The van der Waals surface area contributed by atoms with Gasteiger partial charge in [-0.1, -0.05) is 6.92 Å². The molecule has 4 heteroatoms. The summed E-state index contributed by atoms with van der Waals surface area (Å²) in [4.78, 5) is 0. The Hall–Kier alpha value is -0.405. The molecule has 7 heavy (non-hydrogen) atoms. The van der Waals surface area contributed by atoms with E-state index in [-0.39, 0.29) is 1.43 Å². The van der Waals surface area contributed by atoms with Crippen molar-refractivity contribution in [2.75, 3.05) is 0 Å². The highest BCUT2D eigenvalue weighted by Crippen LogP contribution is 2.16. The van der Waals surface area contributed by atoms with E-state index in [1.54, 1.807) is 0 Å². The average molecular weight is 110 g/mol. The summed E-state index contributed by atoms with van der Waals surface area (Å²) in [5.74, 6) is 0. The first-order chi connectivity index (χ1) is 2.94. The van der Waals surface area contributed by atoms with E-state index < -0.39 is 12.4 Å². The van der Waals surface area contributed by atoms with Crippen LogP contribution in [0.1, 0.15) is 8.35 Å². The third-order valence-corrected chi connectivity index (χ3v) is 0.559. The van der Waals surface area contributed by atoms with Crippen molar-refractivity contribution in [3.05, 3.63) is 12.1 Å².